The maximum atomic E-state index is 11.8. The molecule has 0 saturated heterocycles. The zero-order chi connectivity index (χ0) is 19.6. The Hall–Kier alpha value is -3.19. The van der Waals surface area contributed by atoms with Crippen LogP contribution in [-0.4, -0.2) is 23.5 Å². The van der Waals surface area contributed by atoms with Gasteiger partial charge >= 0.3 is 0 Å². The Morgan fingerprint density at radius 1 is 1.07 bits per heavy atom. The molecule has 2 rings (SSSR count). The average molecular weight is 383 g/mol. The van der Waals surface area contributed by atoms with E-state index in [-0.39, 0.29) is 11.7 Å². The van der Waals surface area contributed by atoms with Gasteiger partial charge in [0.15, 0.2) is 11.7 Å². The number of hydrazine groups is 1. The molecule has 2 amide bonds. The van der Waals surface area contributed by atoms with Gasteiger partial charge in [-0.15, -0.1) is 0 Å². The number of carbonyl (C=O) groups is 2. The van der Waals surface area contributed by atoms with Gasteiger partial charge in [0.25, 0.3) is 5.91 Å². The number of hydrogen-bond donors (Lipinski definition) is 3. The Kier molecular flexibility index (Phi) is 7.51. The van der Waals surface area contributed by atoms with Gasteiger partial charge in [0, 0.05) is 6.08 Å². The zero-order valence-corrected chi connectivity index (χ0v) is 15.9. The van der Waals surface area contributed by atoms with Crippen LogP contribution in [0.15, 0.2) is 54.6 Å². The lowest BCUT2D eigenvalue weighted by Gasteiger charge is -2.12. The molecule has 0 aromatic heterocycles. The van der Waals surface area contributed by atoms with Crippen LogP contribution < -0.4 is 20.9 Å². The third kappa shape index (κ3) is 7.29. The number of nitrogens with one attached hydrogen (secondary N) is 3. The summed E-state index contributed by atoms with van der Waals surface area (Å²) in [6, 6.07) is 15.1. The van der Waals surface area contributed by atoms with Gasteiger partial charge in [0.2, 0.25) is 5.91 Å². The summed E-state index contributed by atoms with van der Waals surface area (Å²) in [4.78, 5) is 23.6. The molecule has 0 spiro atoms. The number of rotatable bonds is 5. The van der Waals surface area contributed by atoms with Crippen LogP contribution in [0.4, 0.5) is 0 Å². The molecule has 0 heterocycles. The van der Waals surface area contributed by atoms with Crippen LogP contribution in [0.25, 0.3) is 6.08 Å². The van der Waals surface area contributed by atoms with Gasteiger partial charge in [-0.1, -0.05) is 48.0 Å². The Bertz CT molecular complexity index is 851. The van der Waals surface area contributed by atoms with E-state index in [0.29, 0.717) is 5.75 Å². The van der Waals surface area contributed by atoms with Crippen LogP contribution in [0.5, 0.6) is 5.75 Å². The normalized spacial score (nSPS) is 10.3. The van der Waals surface area contributed by atoms with E-state index in [1.54, 1.807) is 6.08 Å². The molecule has 140 valence electrons. The monoisotopic (exact) mass is 383 g/mol. The molecular weight excluding hydrogens is 362 g/mol. The Morgan fingerprint density at radius 3 is 2.52 bits per heavy atom. The van der Waals surface area contributed by atoms with Crippen LogP contribution in [0.3, 0.4) is 0 Å². The second-order valence-corrected chi connectivity index (χ2v) is 6.20. The van der Waals surface area contributed by atoms with Crippen LogP contribution >= 0.6 is 12.2 Å². The van der Waals surface area contributed by atoms with Crippen molar-refractivity contribution < 1.29 is 14.3 Å². The van der Waals surface area contributed by atoms with Crippen molar-refractivity contribution in [3.8, 4) is 5.75 Å². The van der Waals surface area contributed by atoms with E-state index in [1.807, 2.05) is 62.4 Å². The molecule has 0 aliphatic rings. The van der Waals surface area contributed by atoms with Crippen molar-refractivity contribution in [2.45, 2.75) is 13.8 Å². The second-order valence-electron chi connectivity index (χ2n) is 5.79. The van der Waals surface area contributed by atoms with Gasteiger partial charge in [-0.05, 0) is 49.3 Å². The van der Waals surface area contributed by atoms with E-state index < -0.39 is 11.8 Å². The first-order valence-electron chi connectivity index (χ1n) is 8.27. The van der Waals surface area contributed by atoms with Crippen LogP contribution in [-0.2, 0) is 9.59 Å². The van der Waals surface area contributed by atoms with Crippen molar-refractivity contribution >= 4 is 35.2 Å². The first-order valence-corrected chi connectivity index (χ1v) is 8.68. The summed E-state index contributed by atoms with van der Waals surface area (Å²) in [7, 11) is 0. The van der Waals surface area contributed by atoms with Crippen molar-refractivity contribution in [2.75, 3.05) is 6.61 Å². The zero-order valence-electron chi connectivity index (χ0n) is 15.1. The molecule has 0 atom stereocenters. The molecule has 2 aromatic rings. The van der Waals surface area contributed by atoms with E-state index >= 15 is 0 Å². The fraction of sp³-hybridized carbons (Fsp3) is 0.150. The van der Waals surface area contributed by atoms with Crippen molar-refractivity contribution in [1.82, 2.24) is 16.2 Å². The third-order valence-electron chi connectivity index (χ3n) is 3.47. The minimum Gasteiger partial charge on any atom is -0.483 e. The fourth-order valence-corrected chi connectivity index (χ4v) is 2.34. The fourth-order valence-electron chi connectivity index (χ4n) is 2.19. The summed E-state index contributed by atoms with van der Waals surface area (Å²) in [5.74, 6) is -0.193. The predicted molar refractivity (Wildman–Crippen MR) is 109 cm³/mol. The van der Waals surface area contributed by atoms with Gasteiger partial charge < -0.3 is 4.74 Å². The lowest BCUT2D eigenvalue weighted by molar-refractivity contribution is -0.123. The molecular formula is C20H21N3O3S. The maximum absolute atomic E-state index is 11.8. The van der Waals surface area contributed by atoms with Crippen molar-refractivity contribution in [2.24, 2.45) is 0 Å². The molecule has 0 saturated carbocycles. The predicted octanol–water partition coefficient (Wildman–Crippen LogP) is 2.42. The molecule has 2 aromatic carbocycles. The molecule has 0 bridgehead atoms. The Labute approximate surface area is 163 Å². The van der Waals surface area contributed by atoms with Crippen molar-refractivity contribution in [3.63, 3.8) is 0 Å². The Morgan fingerprint density at radius 2 is 1.81 bits per heavy atom. The smallest absolute Gasteiger partial charge is 0.276 e. The third-order valence-corrected chi connectivity index (χ3v) is 3.67. The number of carbonyl (C=O) groups excluding carboxylic acids is 2. The number of amides is 2. The van der Waals surface area contributed by atoms with E-state index in [9.17, 15) is 9.59 Å². The van der Waals surface area contributed by atoms with Crippen molar-refractivity contribution in [3.05, 3.63) is 71.3 Å². The molecule has 3 N–H and O–H groups in total. The lowest BCUT2D eigenvalue weighted by atomic mass is 10.1. The van der Waals surface area contributed by atoms with E-state index in [2.05, 4.69) is 16.2 Å². The number of aryl methyl sites for hydroxylation is 2. The number of hydrogen-bond acceptors (Lipinski definition) is 4. The highest BCUT2D eigenvalue weighted by atomic mass is 32.1. The van der Waals surface area contributed by atoms with E-state index in [1.165, 1.54) is 6.08 Å². The molecule has 7 heteroatoms. The van der Waals surface area contributed by atoms with Gasteiger partial charge in [-0.2, -0.15) is 0 Å². The summed E-state index contributed by atoms with van der Waals surface area (Å²) in [5.41, 5.74) is 7.79. The quantitative estimate of drug-likeness (QED) is 0.420. The second kappa shape index (κ2) is 10.1. The number of benzene rings is 2. The molecule has 0 fully saturated rings. The van der Waals surface area contributed by atoms with Gasteiger partial charge in [0.1, 0.15) is 5.75 Å². The summed E-state index contributed by atoms with van der Waals surface area (Å²) in [6.45, 7) is 3.71. The standard InChI is InChI=1S/C20H21N3O3S/c1-14-8-10-17(15(2)12-14)26-13-19(25)22-23-20(27)21-18(24)11-9-16-6-4-3-5-7-16/h3-12H,13H2,1-2H3,(H,22,25)(H2,21,23,24,27). The largest absolute Gasteiger partial charge is 0.483 e. The minimum absolute atomic E-state index is 0.0161. The Balaban J connectivity index is 1.70. The summed E-state index contributed by atoms with van der Waals surface area (Å²) in [6.07, 6.45) is 3.02. The summed E-state index contributed by atoms with van der Waals surface area (Å²) < 4.78 is 5.46. The molecule has 0 unspecified atom stereocenters. The molecule has 0 radical (unpaired) electrons. The molecule has 27 heavy (non-hydrogen) atoms. The molecule has 0 aliphatic carbocycles. The number of thiocarbonyl (C=S) groups is 1. The average Bonchev–Trinajstić information content (AvgIpc) is 2.65. The highest BCUT2D eigenvalue weighted by Gasteiger charge is 2.06. The van der Waals surface area contributed by atoms with Gasteiger partial charge in [-0.3, -0.25) is 25.8 Å². The summed E-state index contributed by atoms with van der Waals surface area (Å²) in [5, 5.41) is 2.42. The topological polar surface area (TPSA) is 79.5 Å². The number of ether oxygens (including phenoxy) is 1. The van der Waals surface area contributed by atoms with Gasteiger partial charge in [-0.25, -0.2) is 0 Å². The van der Waals surface area contributed by atoms with Crippen LogP contribution in [0.1, 0.15) is 16.7 Å². The maximum Gasteiger partial charge on any atom is 0.276 e. The van der Waals surface area contributed by atoms with Crippen LogP contribution in [0, 0.1) is 13.8 Å². The van der Waals surface area contributed by atoms with Crippen LogP contribution in [0.2, 0.25) is 0 Å². The molecule has 0 aliphatic heterocycles. The summed E-state index contributed by atoms with van der Waals surface area (Å²) >= 11 is 4.96. The van der Waals surface area contributed by atoms with E-state index in [0.717, 1.165) is 16.7 Å². The minimum atomic E-state index is -0.425. The SMILES string of the molecule is Cc1ccc(OCC(=O)NNC(=S)NC(=O)C=Cc2ccccc2)c(C)c1. The van der Waals surface area contributed by atoms with Gasteiger partial charge in [0.05, 0.1) is 0 Å². The highest BCUT2D eigenvalue weighted by Crippen LogP contribution is 2.18. The highest BCUT2D eigenvalue weighted by molar-refractivity contribution is 7.80. The van der Waals surface area contributed by atoms with Crippen molar-refractivity contribution in [1.29, 1.82) is 0 Å². The molecule has 6 nitrogen and oxygen atoms in total. The first kappa shape index (κ1) is 20.1. The van der Waals surface area contributed by atoms with E-state index in [4.69, 9.17) is 17.0 Å². The first-order chi connectivity index (χ1) is 12.9. The lowest BCUT2D eigenvalue weighted by Crippen LogP contribution is -2.49.